The maximum absolute atomic E-state index is 12.1. The second kappa shape index (κ2) is 9.87. The Bertz CT molecular complexity index is 1050. The summed E-state index contributed by atoms with van der Waals surface area (Å²) in [6.45, 7) is 4.71. The highest BCUT2D eigenvalue weighted by Gasteiger charge is 2.13. The van der Waals surface area contributed by atoms with Gasteiger partial charge in [0.25, 0.3) is 5.91 Å². The van der Waals surface area contributed by atoms with Crippen LogP contribution in [0.15, 0.2) is 47.3 Å². The Morgan fingerprint density at radius 3 is 2.86 bits per heavy atom. The van der Waals surface area contributed by atoms with Gasteiger partial charge in [-0.3, -0.25) is 9.78 Å². The molecule has 0 saturated heterocycles. The highest BCUT2D eigenvalue weighted by Crippen LogP contribution is 2.31. The van der Waals surface area contributed by atoms with E-state index in [0.29, 0.717) is 27.3 Å². The highest BCUT2D eigenvalue weighted by molar-refractivity contribution is 7.07. The Hall–Kier alpha value is -2.42. The molecule has 0 fully saturated rings. The van der Waals surface area contributed by atoms with Gasteiger partial charge < -0.3 is 9.30 Å². The molecule has 152 valence electrons. The van der Waals surface area contributed by atoms with Crippen LogP contribution in [0.4, 0.5) is 0 Å². The van der Waals surface area contributed by atoms with Crippen LogP contribution < -0.4 is 15.0 Å². The topological polar surface area (TPSA) is 81.4 Å². The maximum Gasteiger partial charge on any atom is 0.278 e. The third-order valence-corrected chi connectivity index (χ3v) is 5.13. The molecule has 0 spiro atoms. The largest absolute Gasteiger partial charge is 0.466 e. The van der Waals surface area contributed by atoms with Crippen molar-refractivity contribution in [3.05, 3.63) is 57.0 Å². The highest BCUT2D eigenvalue weighted by atomic mass is 35.5. The molecule has 0 atom stereocenters. The number of hydrogen-bond donors (Lipinski definition) is 1. The van der Waals surface area contributed by atoms with E-state index in [4.69, 9.17) is 27.9 Å². The van der Waals surface area contributed by atoms with Crippen molar-refractivity contribution >= 4 is 40.4 Å². The molecule has 0 aliphatic rings. The summed E-state index contributed by atoms with van der Waals surface area (Å²) in [6, 6.07) is 5.38. The first-order chi connectivity index (χ1) is 13.9. The number of nitrogens with one attached hydrogen (secondary N) is 1. The Morgan fingerprint density at radius 2 is 2.17 bits per heavy atom. The van der Waals surface area contributed by atoms with Gasteiger partial charge in [-0.25, -0.2) is 10.4 Å². The smallest absolute Gasteiger partial charge is 0.278 e. The molecule has 10 heteroatoms. The van der Waals surface area contributed by atoms with Gasteiger partial charge in [-0.1, -0.05) is 37.0 Å². The van der Waals surface area contributed by atoms with Gasteiger partial charge in [0.2, 0.25) is 10.7 Å². The third kappa shape index (κ3) is 5.79. The van der Waals surface area contributed by atoms with Crippen molar-refractivity contribution in [3.63, 3.8) is 0 Å². The second-order valence-electron chi connectivity index (χ2n) is 6.51. The Balaban J connectivity index is 1.81. The number of nitrogens with zero attached hydrogens (tertiary/aromatic N) is 4. The fourth-order valence-corrected chi connectivity index (χ4v) is 3.89. The molecule has 1 aromatic carbocycles. The van der Waals surface area contributed by atoms with Gasteiger partial charge >= 0.3 is 0 Å². The number of amides is 1. The van der Waals surface area contributed by atoms with Crippen molar-refractivity contribution in [2.24, 2.45) is 11.0 Å². The molecular weight excluding hydrogens is 433 g/mol. The summed E-state index contributed by atoms with van der Waals surface area (Å²) in [5.74, 6) is 0.239. The quantitative estimate of drug-likeness (QED) is 0.550. The lowest BCUT2D eigenvalue weighted by Crippen LogP contribution is -2.29. The van der Waals surface area contributed by atoms with Crippen molar-refractivity contribution in [1.82, 2.24) is 20.0 Å². The minimum absolute atomic E-state index is 0.215. The van der Waals surface area contributed by atoms with Crippen LogP contribution in [0.3, 0.4) is 0 Å². The van der Waals surface area contributed by atoms with Crippen molar-refractivity contribution in [3.8, 4) is 17.1 Å². The number of hydrogen-bond acceptors (Lipinski definition) is 6. The standard InChI is InChI=1S/C19H19Cl2N5O2S/c1-12(2)9-26-16(14-4-3-13(20)7-15(14)21)11-29-19(26)25-24-17(27)10-28-18-8-22-5-6-23-18/h3-8,11-12H,9-10H2,1-2H3,(H,24,27). The first-order valence-electron chi connectivity index (χ1n) is 8.79. The molecule has 1 N–H and O–H groups in total. The van der Waals surface area contributed by atoms with Gasteiger partial charge in [0.1, 0.15) is 0 Å². The lowest BCUT2D eigenvalue weighted by Gasteiger charge is -2.12. The second-order valence-corrected chi connectivity index (χ2v) is 8.19. The lowest BCUT2D eigenvalue weighted by molar-refractivity contribution is -0.123. The van der Waals surface area contributed by atoms with Gasteiger partial charge in [0.05, 0.1) is 16.9 Å². The molecule has 3 aromatic rings. The Kier molecular flexibility index (Phi) is 7.24. The zero-order chi connectivity index (χ0) is 20.8. The number of rotatable bonds is 7. The van der Waals surface area contributed by atoms with Gasteiger partial charge in [-0.05, 0) is 24.1 Å². The van der Waals surface area contributed by atoms with Crippen LogP contribution in [0.5, 0.6) is 5.88 Å². The van der Waals surface area contributed by atoms with Gasteiger partial charge in [0.15, 0.2) is 6.61 Å². The molecule has 0 aliphatic heterocycles. The van der Waals surface area contributed by atoms with Crippen LogP contribution >= 0.6 is 34.5 Å². The molecule has 0 aliphatic carbocycles. The van der Waals surface area contributed by atoms with Crippen molar-refractivity contribution in [2.45, 2.75) is 20.4 Å². The van der Waals surface area contributed by atoms with Crippen LogP contribution in [0.2, 0.25) is 10.0 Å². The van der Waals surface area contributed by atoms with Crippen LogP contribution in [0.1, 0.15) is 13.8 Å². The average Bonchev–Trinajstić information content (AvgIpc) is 3.07. The third-order valence-electron chi connectivity index (χ3n) is 3.72. The van der Waals surface area contributed by atoms with Crippen molar-refractivity contribution in [2.75, 3.05) is 6.61 Å². The molecule has 1 amide bonds. The summed E-state index contributed by atoms with van der Waals surface area (Å²) in [6.07, 6.45) is 4.45. The predicted molar refractivity (Wildman–Crippen MR) is 114 cm³/mol. The van der Waals surface area contributed by atoms with E-state index in [1.54, 1.807) is 12.1 Å². The Labute approximate surface area is 182 Å². The zero-order valence-electron chi connectivity index (χ0n) is 15.8. The van der Waals surface area contributed by atoms with E-state index in [2.05, 4.69) is 34.3 Å². The number of halogens is 2. The number of benzene rings is 1. The number of aromatic nitrogens is 3. The lowest BCUT2D eigenvalue weighted by atomic mass is 10.1. The van der Waals surface area contributed by atoms with E-state index in [1.165, 1.54) is 29.9 Å². The molecule has 2 aromatic heterocycles. The van der Waals surface area contributed by atoms with E-state index >= 15 is 0 Å². The monoisotopic (exact) mass is 451 g/mol. The predicted octanol–water partition coefficient (Wildman–Crippen LogP) is 3.98. The number of carbonyl (C=O) groups is 1. The molecule has 7 nitrogen and oxygen atoms in total. The molecule has 29 heavy (non-hydrogen) atoms. The van der Waals surface area contributed by atoms with E-state index in [0.717, 1.165) is 11.3 Å². The first kappa shape index (κ1) is 21.3. The van der Waals surface area contributed by atoms with Gasteiger partial charge in [0, 0.05) is 34.9 Å². The summed E-state index contributed by atoms with van der Waals surface area (Å²) in [4.78, 5) is 20.5. The molecule has 0 bridgehead atoms. The van der Waals surface area contributed by atoms with E-state index < -0.39 is 5.91 Å². The first-order valence-corrected chi connectivity index (χ1v) is 10.4. The van der Waals surface area contributed by atoms with E-state index in [9.17, 15) is 4.79 Å². The summed E-state index contributed by atoms with van der Waals surface area (Å²) < 4.78 is 7.30. The van der Waals surface area contributed by atoms with Crippen LogP contribution in [0.25, 0.3) is 11.3 Å². The van der Waals surface area contributed by atoms with Crippen LogP contribution in [-0.4, -0.2) is 27.0 Å². The number of carbonyl (C=O) groups excluding carboxylic acids is 1. The molecular formula is C19H19Cl2N5O2S. The SMILES string of the molecule is CC(C)Cn1c(-c2ccc(Cl)cc2Cl)csc1=NNC(=O)COc1cnccn1. The maximum atomic E-state index is 12.1. The fourth-order valence-electron chi connectivity index (χ4n) is 2.52. The zero-order valence-corrected chi connectivity index (χ0v) is 18.1. The molecule has 3 rings (SSSR count). The minimum atomic E-state index is -0.397. The van der Waals surface area contributed by atoms with E-state index in [-0.39, 0.29) is 12.5 Å². The average molecular weight is 452 g/mol. The summed E-state index contributed by atoms with van der Waals surface area (Å²) in [7, 11) is 0. The molecule has 0 unspecified atom stereocenters. The van der Waals surface area contributed by atoms with Crippen molar-refractivity contribution < 1.29 is 9.53 Å². The Morgan fingerprint density at radius 1 is 1.34 bits per heavy atom. The number of thiazole rings is 1. The summed E-state index contributed by atoms with van der Waals surface area (Å²) in [5, 5.41) is 7.35. The van der Waals surface area contributed by atoms with Gasteiger partial charge in [-0.2, -0.15) is 0 Å². The van der Waals surface area contributed by atoms with Crippen LogP contribution in [0, 0.1) is 5.92 Å². The van der Waals surface area contributed by atoms with Gasteiger partial charge in [-0.15, -0.1) is 16.4 Å². The number of ether oxygens (including phenoxy) is 1. The molecule has 2 heterocycles. The van der Waals surface area contributed by atoms with Crippen LogP contribution in [-0.2, 0) is 11.3 Å². The van der Waals surface area contributed by atoms with E-state index in [1.807, 2.05) is 16.0 Å². The van der Waals surface area contributed by atoms with Crippen molar-refractivity contribution in [1.29, 1.82) is 0 Å². The molecule has 0 radical (unpaired) electrons. The molecule has 0 saturated carbocycles. The summed E-state index contributed by atoms with van der Waals surface area (Å²) >= 11 is 13.8. The summed E-state index contributed by atoms with van der Waals surface area (Å²) in [5.41, 5.74) is 4.28. The fraction of sp³-hybridized carbons (Fsp3) is 0.263. The normalized spacial score (nSPS) is 11.7. The minimum Gasteiger partial charge on any atom is -0.466 e.